The van der Waals surface area contributed by atoms with Gasteiger partial charge in [-0.25, -0.2) is 0 Å². The molecule has 0 saturated carbocycles. The molecule has 1 aliphatic heterocycles. The molecule has 0 aromatic heterocycles. The summed E-state index contributed by atoms with van der Waals surface area (Å²) in [5, 5.41) is 3.23. The van der Waals surface area contributed by atoms with Crippen LogP contribution in [0.4, 0.5) is 0 Å². The standard InChI is InChI=1S/C15H26N2O/c1-11(2)7-5-6-8-14(18)13-9-15(16-10-13)17-12(3)4/h9,11-12H,5-8,10H2,1-4H3,(H,16,17). The van der Waals surface area contributed by atoms with E-state index >= 15 is 0 Å². The summed E-state index contributed by atoms with van der Waals surface area (Å²) in [6, 6.07) is 0.362. The summed E-state index contributed by atoms with van der Waals surface area (Å²) < 4.78 is 0. The third-order valence-corrected chi connectivity index (χ3v) is 2.96. The smallest absolute Gasteiger partial charge is 0.160 e. The van der Waals surface area contributed by atoms with Crippen LogP contribution in [-0.4, -0.2) is 24.2 Å². The maximum Gasteiger partial charge on any atom is 0.160 e. The van der Waals surface area contributed by atoms with E-state index in [1.165, 1.54) is 6.42 Å². The van der Waals surface area contributed by atoms with Crippen LogP contribution in [0.3, 0.4) is 0 Å². The molecule has 3 nitrogen and oxygen atoms in total. The van der Waals surface area contributed by atoms with Crippen molar-refractivity contribution in [2.75, 3.05) is 6.54 Å². The first kappa shape index (κ1) is 14.9. The molecule has 0 spiro atoms. The molecule has 1 heterocycles. The van der Waals surface area contributed by atoms with Gasteiger partial charge in [0.1, 0.15) is 5.84 Å². The van der Waals surface area contributed by atoms with Gasteiger partial charge in [-0.05, 0) is 32.3 Å². The van der Waals surface area contributed by atoms with Crippen LogP contribution in [0.15, 0.2) is 16.6 Å². The lowest BCUT2D eigenvalue weighted by atomic mass is 10.0. The van der Waals surface area contributed by atoms with E-state index in [1.54, 1.807) is 0 Å². The maximum atomic E-state index is 12.0. The number of amidine groups is 1. The second-order valence-electron chi connectivity index (χ2n) is 5.73. The number of aliphatic imine (C=N–C) groups is 1. The van der Waals surface area contributed by atoms with Gasteiger partial charge in [0.25, 0.3) is 0 Å². The van der Waals surface area contributed by atoms with Crippen LogP contribution in [0.1, 0.15) is 53.4 Å². The van der Waals surface area contributed by atoms with E-state index in [1.807, 2.05) is 6.08 Å². The van der Waals surface area contributed by atoms with E-state index in [4.69, 9.17) is 0 Å². The summed E-state index contributed by atoms with van der Waals surface area (Å²) in [6.07, 6.45) is 5.94. The first-order valence-corrected chi connectivity index (χ1v) is 7.03. The lowest BCUT2D eigenvalue weighted by Crippen LogP contribution is -2.27. The van der Waals surface area contributed by atoms with Crippen LogP contribution < -0.4 is 5.32 Å². The van der Waals surface area contributed by atoms with E-state index in [-0.39, 0.29) is 5.78 Å². The normalized spacial score (nSPS) is 15.0. The summed E-state index contributed by atoms with van der Waals surface area (Å²) in [7, 11) is 0. The number of hydrogen-bond donors (Lipinski definition) is 1. The van der Waals surface area contributed by atoms with E-state index in [0.29, 0.717) is 19.0 Å². The van der Waals surface area contributed by atoms with Crippen LogP contribution in [0.5, 0.6) is 0 Å². The number of rotatable bonds is 7. The largest absolute Gasteiger partial charge is 0.368 e. The van der Waals surface area contributed by atoms with E-state index < -0.39 is 0 Å². The first-order valence-electron chi connectivity index (χ1n) is 7.03. The molecule has 0 aliphatic carbocycles. The molecule has 0 aromatic rings. The Morgan fingerprint density at radius 2 is 2.06 bits per heavy atom. The van der Waals surface area contributed by atoms with Crippen LogP contribution >= 0.6 is 0 Å². The zero-order chi connectivity index (χ0) is 13.5. The average Bonchev–Trinajstić information content (AvgIpc) is 2.71. The average molecular weight is 250 g/mol. The fourth-order valence-corrected chi connectivity index (χ4v) is 1.98. The Labute approximate surface area is 111 Å². The number of carbonyl (C=O) groups excluding carboxylic acids is 1. The van der Waals surface area contributed by atoms with E-state index in [0.717, 1.165) is 30.2 Å². The monoisotopic (exact) mass is 250 g/mol. The van der Waals surface area contributed by atoms with Crippen molar-refractivity contribution in [2.45, 2.75) is 59.4 Å². The van der Waals surface area contributed by atoms with Crippen molar-refractivity contribution < 1.29 is 4.79 Å². The minimum absolute atomic E-state index is 0.267. The molecule has 0 atom stereocenters. The highest BCUT2D eigenvalue weighted by molar-refractivity contribution is 6.07. The number of carbonyl (C=O) groups is 1. The summed E-state index contributed by atoms with van der Waals surface area (Å²) in [5.74, 6) is 1.86. The quantitative estimate of drug-likeness (QED) is 0.705. The molecular formula is C15H26N2O. The molecule has 0 fully saturated rings. The minimum Gasteiger partial charge on any atom is -0.368 e. The predicted molar refractivity (Wildman–Crippen MR) is 77.0 cm³/mol. The van der Waals surface area contributed by atoms with Crippen molar-refractivity contribution >= 4 is 11.6 Å². The summed E-state index contributed by atoms with van der Waals surface area (Å²) in [6.45, 7) is 9.14. The molecule has 1 N–H and O–H groups in total. The molecule has 102 valence electrons. The molecule has 0 bridgehead atoms. The second kappa shape index (κ2) is 7.34. The number of hydrogen-bond acceptors (Lipinski definition) is 3. The maximum absolute atomic E-state index is 12.0. The number of Topliss-reactive ketones (excluding diaryl/α,β-unsaturated/α-hetero) is 1. The van der Waals surface area contributed by atoms with E-state index in [9.17, 15) is 4.79 Å². The van der Waals surface area contributed by atoms with Crippen molar-refractivity contribution in [2.24, 2.45) is 10.9 Å². The van der Waals surface area contributed by atoms with Gasteiger partial charge in [-0.3, -0.25) is 9.79 Å². The Morgan fingerprint density at radius 3 is 2.67 bits per heavy atom. The molecule has 1 rings (SSSR count). The predicted octanol–water partition coefficient (Wildman–Crippen LogP) is 3.11. The zero-order valence-electron chi connectivity index (χ0n) is 12.1. The Morgan fingerprint density at radius 1 is 1.33 bits per heavy atom. The Balaban J connectivity index is 2.28. The van der Waals surface area contributed by atoms with E-state index in [2.05, 4.69) is 38.0 Å². The fourth-order valence-electron chi connectivity index (χ4n) is 1.98. The van der Waals surface area contributed by atoms with Crippen molar-refractivity contribution in [3.05, 3.63) is 11.6 Å². The summed E-state index contributed by atoms with van der Waals surface area (Å²) in [5.41, 5.74) is 0.864. The second-order valence-corrected chi connectivity index (χ2v) is 5.73. The van der Waals surface area contributed by atoms with Gasteiger partial charge in [0.05, 0.1) is 6.54 Å². The molecule has 18 heavy (non-hydrogen) atoms. The third-order valence-electron chi connectivity index (χ3n) is 2.96. The molecule has 0 aromatic carbocycles. The van der Waals surface area contributed by atoms with Crippen molar-refractivity contribution in [1.29, 1.82) is 0 Å². The van der Waals surface area contributed by atoms with Gasteiger partial charge in [0.15, 0.2) is 5.78 Å². The first-order chi connectivity index (χ1) is 8.49. The van der Waals surface area contributed by atoms with Crippen LogP contribution in [0.2, 0.25) is 0 Å². The Kier molecular flexibility index (Phi) is 6.10. The minimum atomic E-state index is 0.267. The lowest BCUT2D eigenvalue weighted by molar-refractivity contribution is -0.115. The molecular weight excluding hydrogens is 224 g/mol. The van der Waals surface area contributed by atoms with Gasteiger partial charge >= 0.3 is 0 Å². The molecule has 3 heteroatoms. The Bertz CT molecular complexity index is 340. The lowest BCUT2D eigenvalue weighted by Gasteiger charge is -2.06. The number of unbranched alkanes of at least 4 members (excludes halogenated alkanes) is 1. The highest BCUT2D eigenvalue weighted by Crippen LogP contribution is 2.13. The fraction of sp³-hybridized carbons (Fsp3) is 0.733. The zero-order valence-corrected chi connectivity index (χ0v) is 12.1. The topological polar surface area (TPSA) is 41.5 Å². The SMILES string of the molecule is CC(C)CCCCC(=O)C1=CC(NC(C)C)=NC1. The molecule has 0 amide bonds. The van der Waals surface area contributed by atoms with Gasteiger partial charge in [-0.1, -0.05) is 26.7 Å². The van der Waals surface area contributed by atoms with Crippen molar-refractivity contribution in [3.63, 3.8) is 0 Å². The van der Waals surface area contributed by atoms with Crippen LogP contribution in [-0.2, 0) is 4.79 Å². The van der Waals surface area contributed by atoms with Crippen LogP contribution in [0.25, 0.3) is 0 Å². The molecule has 1 aliphatic rings. The summed E-state index contributed by atoms with van der Waals surface area (Å²) >= 11 is 0. The molecule has 0 saturated heterocycles. The van der Waals surface area contributed by atoms with Gasteiger partial charge in [0, 0.05) is 18.0 Å². The highest BCUT2D eigenvalue weighted by Gasteiger charge is 2.15. The molecule has 0 unspecified atom stereocenters. The highest BCUT2D eigenvalue weighted by atomic mass is 16.1. The van der Waals surface area contributed by atoms with Crippen molar-refractivity contribution in [1.82, 2.24) is 5.32 Å². The molecule has 0 radical (unpaired) electrons. The number of ketones is 1. The van der Waals surface area contributed by atoms with Gasteiger partial charge in [0.2, 0.25) is 0 Å². The van der Waals surface area contributed by atoms with Gasteiger partial charge in [-0.2, -0.15) is 0 Å². The Hall–Kier alpha value is -1.12. The number of nitrogens with one attached hydrogen (secondary N) is 1. The summed E-state index contributed by atoms with van der Waals surface area (Å²) in [4.78, 5) is 16.3. The third kappa shape index (κ3) is 5.48. The van der Waals surface area contributed by atoms with Gasteiger partial charge < -0.3 is 5.32 Å². The van der Waals surface area contributed by atoms with Crippen molar-refractivity contribution in [3.8, 4) is 0 Å². The number of nitrogens with zero attached hydrogens (tertiary/aromatic N) is 1. The van der Waals surface area contributed by atoms with Crippen LogP contribution in [0, 0.1) is 5.92 Å². The van der Waals surface area contributed by atoms with Gasteiger partial charge in [-0.15, -0.1) is 0 Å².